The van der Waals surface area contributed by atoms with Gasteiger partial charge in [-0.2, -0.15) is 5.10 Å². The van der Waals surface area contributed by atoms with Crippen LogP contribution in [0.2, 0.25) is 0 Å². The van der Waals surface area contributed by atoms with E-state index >= 15 is 0 Å². The van der Waals surface area contributed by atoms with E-state index in [2.05, 4.69) is 34.1 Å². The number of hydrogen-bond donors (Lipinski definition) is 0. The molecule has 1 aliphatic heterocycles. The molecule has 0 unspecified atom stereocenters. The van der Waals surface area contributed by atoms with Crippen molar-refractivity contribution < 1.29 is 4.79 Å². The topological polar surface area (TPSA) is 63.9 Å². The van der Waals surface area contributed by atoms with Gasteiger partial charge in [0.05, 0.1) is 6.04 Å². The highest BCUT2D eigenvalue weighted by molar-refractivity contribution is 5.95. The molecule has 3 heterocycles. The molecule has 126 valence electrons. The molecule has 1 aliphatic rings. The third-order valence-corrected chi connectivity index (χ3v) is 4.71. The number of amides is 1. The second-order valence-electron chi connectivity index (χ2n) is 6.26. The van der Waals surface area contributed by atoms with Gasteiger partial charge in [0.15, 0.2) is 5.82 Å². The minimum Gasteiger partial charge on any atom is -0.332 e. The summed E-state index contributed by atoms with van der Waals surface area (Å²) < 4.78 is 1.56. The van der Waals surface area contributed by atoms with E-state index in [1.54, 1.807) is 29.3 Å². The number of pyridine rings is 1. The number of likely N-dealkylation sites (tertiary alicyclic amines) is 1. The highest BCUT2D eigenvalue weighted by atomic mass is 16.2. The number of rotatable bonds is 3. The maximum Gasteiger partial charge on any atom is 0.254 e. The number of carbonyl (C=O) groups excluding carboxylic acids is 1. The van der Waals surface area contributed by atoms with E-state index in [1.165, 1.54) is 17.5 Å². The van der Waals surface area contributed by atoms with Crippen LogP contribution in [0.25, 0.3) is 5.82 Å². The maximum atomic E-state index is 13.1. The van der Waals surface area contributed by atoms with Gasteiger partial charge >= 0.3 is 0 Å². The second-order valence-corrected chi connectivity index (χ2v) is 6.26. The van der Waals surface area contributed by atoms with Gasteiger partial charge in [-0.05, 0) is 43.0 Å². The van der Waals surface area contributed by atoms with Crippen molar-refractivity contribution in [3.63, 3.8) is 0 Å². The van der Waals surface area contributed by atoms with Gasteiger partial charge in [-0.1, -0.05) is 24.3 Å². The second kappa shape index (κ2) is 6.47. The van der Waals surface area contributed by atoms with Crippen LogP contribution in [-0.4, -0.2) is 37.1 Å². The van der Waals surface area contributed by atoms with Crippen molar-refractivity contribution in [3.8, 4) is 5.82 Å². The quantitative estimate of drug-likeness (QED) is 0.739. The first-order valence-corrected chi connectivity index (χ1v) is 8.41. The van der Waals surface area contributed by atoms with Crippen LogP contribution in [0.1, 0.15) is 40.4 Å². The Kier molecular flexibility index (Phi) is 4.01. The van der Waals surface area contributed by atoms with E-state index in [0.29, 0.717) is 11.4 Å². The lowest BCUT2D eigenvalue weighted by Crippen LogP contribution is -2.31. The van der Waals surface area contributed by atoms with Crippen LogP contribution in [0.3, 0.4) is 0 Å². The van der Waals surface area contributed by atoms with E-state index in [1.807, 2.05) is 17.0 Å². The molecule has 3 aromatic rings. The van der Waals surface area contributed by atoms with Crippen molar-refractivity contribution in [3.05, 3.63) is 71.9 Å². The fourth-order valence-corrected chi connectivity index (χ4v) is 3.46. The molecule has 4 rings (SSSR count). The van der Waals surface area contributed by atoms with Crippen molar-refractivity contribution in [2.24, 2.45) is 0 Å². The monoisotopic (exact) mass is 333 g/mol. The Morgan fingerprint density at radius 3 is 2.92 bits per heavy atom. The van der Waals surface area contributed by atoms with Crippen LogP contribution in [0.5, 0.6) is 0 Å². The summed E-state index contributed by atoms with van der Waals surface area (Å²) in [6.45, 7) is 2.88. The minimum absolute atomic E-state index is 0.0366. The first-order chi connectivity index (χ1) is 12.2. The lowest BCUT2D eigenvalue weighted by Gasteiger charge is -2.26. The molecule has 0 N–H and O–H groups in total. The summed E-state index contributed by atoms with van der Waals surface area (Å²) in [5.74, 6) is 0.629. The van der Waals surface area contributed by atoms with Crippen LogP contribution in [0.15, 0.2) is 55.2 Å². The number of aromatic nitrogens is 4. The number of carbonyl (C=O) groups is 1. The molecule has 0 aliphatic carbocycles. The predicted octanol–water partition coefficient (Wildman–Crippen LogP) is 2.95. The van der Waals surface area contributed by atoms with Crippen molar-refractivity contribution >= 4 is 5.91 Å². The Balaban J connectivity index is 1.64. The molecule has 0 spiro atoms. The molecule has 1 saturated heterocycles. The molecule has 0 saturated carbocycles. The Labute approximate surface area is 146 Å². The van der Waals surface area contributed by atoms with Gasteiger partial charge in [-0.25, -0.2) is 14.6 Å². The zero-order valence-corrected chi connectivity index (χ0v) is 14.0. The molecule has 1 aromatic carbocycles. The molecular weight excluding hydrogens is 314 g/mol. The van der Waals surface area contributed by atoms with Gasteiger partial charge in [-0.3, -0.25) is 4.79 Å². The van der Waals surface area contributed by atoms with E-state index < -0.39 is 0 Å². The fraction of sp³-hybridized carbons (Fsp3) is 0.263. The highest BCUT2D eigenvalue weighted by Crippen LogP contribution is 2.34. The van der Waals surface area contributed by atoms with Gasteiger partial charge in [0, 0.05) is 18.3 Å². The lowest BCUT2D eigenvalue weighted by atomic mass is 9.99. The summed E-state index contributed by atoms with van der Waals surface area (Å²) in [6.07, 6.45) is 6.68. The molecule has 6 heteroatoms. The number of hydrogen-bond acceptors (Lipinski definition) is 4. The van der Waals surface area contributed by atoms with Crippen molar-refractivity contribution in [1.29, 1.82) is 0 Å². The van der Waals surface area contributed by atoms with Crippen LogP contribution >= 0.6 is 0 Å². The Morgan fingerprint density at radius 2 is 2.12 bits per heavy atom. The van der Waals surface area contributed by atoms with Gasteiger partial charge in [0.25, 0.3) is 5.91 Å². The molecule has 0 bridgehead atoms. The van der Waals surface area contributed by atoms with Crippen LogP contribution in [0, 0.1) is 6.92 Å². The standard InChI is InChI=1S/C19H19N5O/c1-14-5-2-3-6-16(14)17-7-4-10-23(17)19(25)15-8-9-21-18(11-15)24-13-20-12-22-24/h2-3,5-6,8-9,11-13,17H,4,7,10H2,1H3/t17-/m1/s1. The average Bonchev–Trinajstić information content (AvgIpc) is 3.33. The highest BCUT2D eigenvalue weighted by Gasteiger charge is 2.31. The summed E-state index contributed by atoms with van der Waals surface area (Å²) in [4.78, 5) is 23.3. The largest absolute Gasteiger partial charge is 0.332 e. The summed E-state index contributed by atoms with van der Waals surface area (Å²) in [5.41, 5.74) is 3.09. The van der Waals surface area contributed by atoms with Crippen molar-refractivity contribution in [1.82, 2.24) is 24.6 Å². The molecule has 0 radical (unpaired) electrons. The molecule has 6 nitrogen and oxygen atoms in total. The van der Waals surface area contributed by atoms with E-state index in [-0.39, 0.29) is 11.9 Å². The summed E-state index contributed by atoms with van der Waals surface area (Å²) >= 11 is 0. The van der Waals surface area contributed by atoms with Crippen molar-refractivity contribution in [2.75, 3.05) is 6.54 Å². The Hall–Kier alpha value is -3.02. The van der Waals surface area contributed by atoms with Crippen LogP contribution in [0.4, 0.5) is 0 Å². The predicted molar refractivity (Wildman–Crippen MR) is 93.3 cm³/mol. The van der Waals surface area contributed by atoms with Crippen molar-refractivity contribution in [2.45, 2.75) is 25.8 Å². The molecule has 1 atom stereocenters. The number of aryl methyl sites for hydroxylation is 1. The third-order valence-electron chi connectivity index (χ3n) is 4.71. The smallest absolute Gasteiger partial charge is 0.254 e. The zero-order chi connectivity index (χ0) is 17.2. The maximum absolute atomic E-state index is 13.1. The molecule has 1 fully saturated rings. The molecule has 1 amide bonds. The fourth-order valence-electron chi connectivity index (χ4n) is 3.46. The number of benzene rings is 1. The third kappa shape index (κ3) is 2.91. The summed E-state index contributed by atoms with van der Waals surface area (Å²) in [5, 5.41) is 4.08. The van der Waals surface area contributed by atoms with Gasteiger partial charge < -0.3 is 4.90 Å². The molecule has 25 heavy (non-hydrogen) atoms. The molecule has 2 aromatic heterocycles. The lowest BCUT2D eigenvalue weighted by molar-refractivity contribution is 0.0735. The van der Waals surface area contributed by atoms with Gasteiger partial charge in [0.2, 0.25) is 0 Å². The Bertz CT molecular complexity index is 890. The SMILES string of the molecule is Cc1ccccc1[C@H]1CCCN1C(=O)c1ccnc(-n2cncn2)c1. The Morgan fingerprint density at radius 1 is 1.24 bits per heavy atom. The van der Waals surface area contributed by atoms with E-state index in [9.17, 15) is 4.79 Å². The summed E-state index contributed by atoms with van der Waals surface area (Å²) in [7, 11) is 0. The van der Waals surface area contributed by atoms with Gasteiger partial charge in [0.1, 0.15) is 12.7 Å². The van der Waals surface area contributed by atoms with Crippen LogP contribution in [-0.2, 0) is 0 Å². The average molecular weight is 333 g/mol. The van der Waals surface area contributed by atoms with Gasteiger partial charge in [-0.15, -0.1) is 0 Å². The van der Waals surface area contributed by atoms with Crippen LogP contribution < -0.4 is 0 Å². The molecular formula is C19H19N5O. The first kappa shape index (κ1) is 15.5. The minimum atomic E-state index is 0.0366. The van der Waals surface area contributed by atoms with E-state index in [4.69, 9.17) is 0 Å². The normalized spacial score (nSPS) is 17.0. The van der Waals surface area contributed by atoms with E-state index in [0.717, 1.165) is 19.4 Å². The first-order valence-electron chi connectivity index (χ1n) is 8.41. The summed E-state index contributed by atoms with van der Waals surface area (Å²) in [6, 6.07) is 12.0. The zero-order valence-electron chi connectivity index (χ0n) is 14.0. The number of nitrogens with zero attached hydrogens (tertiary/aromatic N) is 5.